The number of aliphatic hydroxyl groups is 1. The molecular weight excluding hydrogens is 638 g/mol. The maximum absolute atomic E-state index is 13.7. The predicted octanol–water partition coefficient (Wildman–Crippen LogP) is 7.88. The van der Waals surface area contributed by atoms with E-state index in [1.54, 1.807) is 18.2 Å². The summed E-state index contributed by atoms with van der Waals surface area (Å²) in [6.45, 7) is 4.50. The van der Waals surface area contributed by atoms with Gasteiger partial charge in [0.05, 0.1) is 18.2 Å². The first-order valence-electron chi connectivity index (χ1n) is 14.8. The molecule has 0 aliphatic carbocycles. The molecule has 0 bridgehead atoms. The molecule has 238 valence electrons. The fourth-order valence-corrected chi connectivity index (χ4v) is 6.94. The Morgan fingerprint density at radius 3 is 2.38 bits per heavy atom. The number of rotatable bonds is 11. The van der Waals surface area contributed by atoms with Crippen molar-refractivity contribution in [1.29, 1.82) is 0 Å². The van der Waals surface area contributed by atoms with Crippen molar-refractivity contribution in [1.82, 2.24) is 10.2 Å². The Labute approximate surface area is 279 Å². The van der Waals surface area contributed by atoms with Crippen molar-refractivity contribution in [3.05, 3.63) is 136 Å². The van der Waals surface area contributed by atoms with Gasteiger partial charge < -0.3 is 14.6 Å². The van der Waals surface area contributed by atoms with Gasteiger partial charge in [-0.2, -0.15) is 0 Å². The van der Waals surface area contributed by atoms with Gasteiger partial charge in [-0.05, 0) is 66.9 Å². The summed E-state index contributed by atoms with van der Waals surface area (Å²) in [4.78, 5) is 28.6. The minimum Gasteiger partial charge on any atom is -0.507 e. The van der Waals surface area contributed by atoms with Crippen molar-refractivity contribution in [3.8, 4) is 11.5 Å². The molecule has 1 aliphatic rings. The third-order valence-corrected chi connectivity index (χ3v) is 9.59. The molecule has 1 amide bonds. The molecule has 4 aromatic carbocycles. The molecule has 11 heteroatoms. The van der Waals surface area contributed by atoms with Gasteiger partial charge in [-0.25, -0.2) is 4.39 Å². The highest BCUT2D eigenvalue weighted by Gasteiger charge is 2.48. The van der Waals surface area contributed by atoms with Crippen LogP contribution < -0.4 is 14.4 Å². The Morgan fingerprint density at radius 2 is 1.66 bits per heavy atom. The van der Waals surface area contributed by atoms with E-state index in [-0.39, 0.29) is 16.3 Å². The molecule has 8 nitrogen and oxygen atoms in total. The van der Waals surface area contributed by atoms with Crippen molar-refractivity contribution < 1.29 is 28.6 Å². The van der Waals surface area contributed by atoms with Crippen LogP contribution in [0.15, 0.2) is 107 Å². The maximum atomic E-state index is 13.7. The number of aryl methyl sites for hydroxylation is 1. The molecule has 1 aromatic heterocycles. The lowest BCUT2D eigenvalue weighted by Gasteiger charge is -2.23. The second kappa shape index (κ2) is 14.2. The van der Waals surface area contributed by atoms with Crippen molar-refractivity contribution in [2.24, 2.45) is 0 Å². The fourth-order valence-electron chi connectivity index (χ4n) is 5.11. The van der Waals surface area contributed by atoms with E-state index in [1.807, 2.05) is 68.4 Å². The minimum absolute atomic E-state index is 0.161. The zero-order chi connectivity index (χ0) is 32.9. The van der Waals surface area contributed by atoms with Gasteiger partial charge in [-0.1, -0.05) is 89.3 Å². The number of ketones is 1. The summed E-state index contributed by atoms with van der Waals surface area (Å²) >= 11 is 2.64. The van der Waals surface area contributed by atoms with E-state index in [9.17, 15) is 19.1 Å². The first kappa shape index (κ1) is 32.0. The number of ether oxygens (including phenoxy) is 2. The number of hydrogen-bond acceptors (Lipinski definition) is 9. The highest BCUT2D eigenvalue weighted by Crippen LogP contribution is 2.45. The number of Topliss-reactive ketones (excluding diaryl/α,β-unsaturated/α-hetero) is 1. The third-order valence-electron chi connectivity index (χ3n) is 7.47. The molecule has 2 heterocycles. The lowest BCUT2D eigenvalue weighted by molar-refractivity contribution is -0.132. The van der Waals surface area contributed by atoms with E-state index in [1.165, 1.54) is 52.3 Å². The smallest absolute Gasteiger partial charge is 0.301 e. The quantitative estimate of drug-likeness (QED) is 0.0499. The number of aromatic nitrogens is 2. The van der Waals surface area contributed by atoms with Crippen molar-refractivity contribution in [3.63, 3.8) is 0 Å². The average Bonchev–Trinajstić information content (AvgIpc) is 3.66. The molecule has 1 atom stereocenters. The number of aliphatic hydroxyl groups excluding tert-OH is 1. The van der Waals surface area contributed by atoms with E-state index in [4.69, 9.17) is 9.47 Å². The Kier molecular flexibility index (Phi) is 9.65. The van der Waals surface area contributed by atoms with Crippen LogP contribution in [0.4, 0.5) is 9.52 Å². The minimum atomic E-state index is -1.08. The Morgan fingerprint density at radius 1 is 0.915 bits per heavy atom. The molecule has 1 fully saturated rings. The van der Waals surface area contributed by atoms with Gasteiger partial charge in [-0.3, -0.25) is 14.5 Å². The summed E-state index contributed by atoms with van der Waals surface area (Å²) in [6, 6.07) is 26.9. The molecule has 47 heavy (non-hydrogen) atoms. The van der Waals surface area contributed by atoms with E-state index in [0.29, 0.717) is 40.4 Å². The lowest BCUT2D eigenvalue weighted by atomic mass is 9.95. The van der Waals surface area contributed by atoms with Gasteiger partial charge in [0.2, 0.25) is 5.13 Å². The van der Waals surface area contributed by atoms with Gasteiger partial charge in [-0.15, -0.1) is 10.2 Å². The summed E-state index contributed by atoms with van der Waals surface area (Å²) in [5.41, 5.74) is 3.75. The van der Waals surface area contributed by atoms with Gasteiger partial charge in [0.1, 0.15) is 18.2 Å². The molecular formula is C36H30FN3O5S2. The monoisotopic (exact) mass is 667 g/mol. The largest absolute Gasteiger partial charge is 0.507 e. The number of thioether (sulfide) groups is 1. The molecule has 6 rings (SSSR count). The topological polar surface area (TPSA) is 102 Å². The van der Waals surface area contributed by atoms with E-state index >= 15 is 0 Å². The van der Waals surface area contributed by atoms with Crippen LogP contribution in [-0.2, 0) is 21.9 Å². The zero-order valence-corrected chi connectivity index (χ0v) is 27.2. The van der Waals surface area contributed by atoms with Crippen LogP contribution in [-0.4, -0.2) is 33.6 Å². The van der Waals surface area contributed by atoms with Gasteiger partial charge >= 0.3 is 5.91 Å². The predicted molar refractivity (Wildman–Crippen MR) is 180 cm³/mol. The molecule has 0 saturated carbocycles. The van der Waals surface area contributed by atoms with Crippen LogP contribution in [0.3, 0.4) is 0 Å². The lowest BCUT2D eigenvalue weighted by Crippen LogP contribution is -2.29. The van der Waals surface area contributed by atoms with Gasteiger partial charge in [0, 0.05) is 11.3 Å². The summed E-state index contributed by atoms with van der Waals surface area (Å²) in [5, 5.41) is 20.2. The van der Waals surface area contributed by atoms with Gasteiger partial charge in [0.25, 0.3) is 5.78 Å². The Bertz CT molecular complexity index is 1930. The van der Waals surface area contributed by atoms with Crippen molar-refractivity contribution in [2.45, 2.75) is 36.6 Å². The van der Waals surface area contributed by atoms with E-state index in [2.05, 4.69) is 10.2 Å². The van der Waals surface area contributed by atoms with Crippen molar-refractivity contribution >= 4 is 45.7 Å². The summed E-state index contributed by atoms with van der Waals surface area (Å²) < 4.78 is 26.4. The number of amides is 1. The SMILES string of the molecule is CCOc1cc(C2/C(=C(\O)c3ccc(F)cc3)C(=O)C(=O)N2c2nnc(SCc3ccc(C)cc3)s2)ccc1OCc1ccccc1. The number of benzene rings is 4. The molecule has 0 spiro atoms. The maximum Gasteiger partial charge on any atom is 0.301 e. The standard InChI is InChI=1S/C36H30FN3O5S2/c1-3-44-29-19-26(15-18-28(29)45-20-23-7-5-4-6-8-23)31-30(32(41)25-13-16-27(37)17-14-25)33(42)34(43)40(31)35-38-39-36(47-35)46-21-24-11-9-22(2)10-12-24/h4-19,31,41H,3,20-21H2,1-2H3/b32-30+. The van der Waals surface area contributed by atoms with Crippen LogP contribution in [0.25, 0.3) is 5.76 Å². The normalized spacial score (nSPS) is 15.6. The number of hydrogen-bond donors (Lipinski definition) is 1. The first-order chi connectivity index (χ1) is 22.8. The number of carbonyl (C=O) groups excluding carboxylic acids is 2. The van der Waals surface area contributed by atoms with Crippen LogP contribution in [0.2, 0.25) is 0 Å². The van der Waals surface area contributed by atoms with Crippen LogP contribution >= 0.6 is 23.1 Å². The first-order valence-corrected chi connectivity index (χ1v) is 16.6. The van der Waals surface area contributed by atoms with Crippen molar-refractivity contribution in [2.75, 3.05) is 11.5 Å². The summed E-state index contributed by atoms with van der Waals surface area (Å²) in [5.74, 6) is -1.19. The average molecular weight is 668 g/mol. The molecule has 1 unspecified atom stereocenters. The van der Waals surface area contributed by atoms with E-state index in [0.717, 1.165) is 16.7 Å². The summed E-state index contributed by atoms with van der Waals surface area (Å²) in [7, 11) is 0. The van der Waals surface area contributed by atoms with Crippen LogP contribution in [0.5, 0.6) is 11.5 Å². The number of anilines is 1. The third kappa shape index (κ3) is 7.06. The van der Waals surface area contributed by atoms with Crippen LogP contribution in [0, 0.1) is 12.7 Å². The molecule has 0 radical (unpaired) electrons. The number of halogens is 1. The van der Waals surface area contributed by atoms with E-state index < -0.39 is 29.3 Å². The zero-order valence-electron chi connectivity index (χ0n) is 25.6. The highest BCUT2D eigenvalue weighted by atomic mass is 32.2. The Hall–Kier alpha value is -5.00. The second-order valence-electron chi connectivity index (χ2n) is 10.7. The summed E-state index contributed by atoms with van der Waals surface area (Å²) in [6.07, 6.45) is 0. The second-order valence-corrected chi connectivity index (χ2v) is 12.9. The molecule has 1 saturated heterocycles. The fraction of sp³-hybridized carbons (Fsp3) is 0.167. The molecule has 1 N–H and O–H groups in total. The number of nitrogens with zero attached hydrogens (tertiary/aromatic N) is 3. The van der Waals surface area contributed by atoms with Gasteiger partial charge in [0.15, 0.2) is 15.8 Å². The molecule has 1 aliphatic heterocycles. The van der Waals surface area contributed by atoms with Crippen LogP contribution in [0.1, 0.15) is 40.8 Å². The number of carbonyl (C=O) groups is 2. The molecule has 5 aromatic rings. The highest BCUT2D eigenvalue weighted by molar-refractivity contribution is 8.00. The Balaban J connectivity index is 1.39.